The summed E-state index contributed by atoms with van der Waals surface area (Å²) in [5.41, 5.74) is 1.45. The standard InChI is InChI=1S/C22H29N3O4S/c1-4-13-7-5-8-14-18(13)23-21(28)22(14)17-16(15(24-22)9-12-30-3)19(26)25(20(17)27)10-6-11-29-2/h5,7-8,15-17,24H,4,6,9-12H2,1-3H3,(H,23,28). The average molecular weight is 432 g/mol. The molecule has 7 nitrogen and oxygen atoms in total. The number of nitrogens with zero attached hydrogens (tertiary/aromatic N) is 1. The summed E-state index contributed by atoms with van der Waals surface area (Å²) in [6.45, 7) is 2.85. The lowest BCUT2D eigenvalue weighted by atomic mass is 9.76. The maximum atomic E-state index is 13.5. The molecule has 3 heterocycles. The molecule has 3 aliphatic rings. The first kappa shape index (κ1) is 21.3. The first-order chi connectivity index (χ1) is 14.5. The number of imide groups is 1. The van der Waals surface area contributed by atoms with Crippen molar-refractivity contribution in [1.82, 2.24) is 10.2 Å². The summed E-state index contributed by atoms with van der Waals surface area (Å²) in [7, 11) is 1.60. The smallest absolute Gasteiger partial charge is 0.250 e. The summed E-state index contributed by atoms with van der Waals surface area (Å²) < 4.78 is 5.09. The summed E-state index contributed by atoms with van der Waals surface area (Å²) in [6.07, 6.45) is 4.11. The van der Waals surface area contributed by atoms with Crippen LogP contribution in [-0.4, -0.2) is 60.9 Å². The monoisotopic (exact) mass is 431 g/mol. The molecule has 3 aliphatic heterocycles. The van der Waals surface area contributed by atoms with E-state index in [1.807, 2.05) is 31.4 Å². The lowest BCUT2D eigenvalue weighted by Crippen LogP contribution is -2.53. The van der Waals surface area contributed by atoms with Gasteiger partial charge in [-0.1, -0.05) is 25.1 Å². The fourth-order valence-corrected chi connectivity index (χ4v) is 5.81. The van der Waals surface area contributed by atoms with Gasteiger partial charge in [-0.2, -0.15) is 11.8 Å². The van der Waals surface area contributed by atoms with Gasteiger partial charge in [0.25, 0.3) is 0 Å². The Bertz CT molecular complexity index is 876. The van der Waals surface area contributed by atoms with Crippen LogP contribution in [0.15, 0.2) is 18.2 Å². The van der Waals surface area contributed by atoms with E-state index in [0.717, 1.165) is 35.4 Å². The molecular weight excluding hydrogens is 402 g/mol. The Kier molecular flexibility index (Phi) is 5.92. The Hall–Kier alpha value is -1.90. The highest BCUT2D eigenvalue weighted by Gasteiger charge is 2.70. The van der Waals surface area contributed by atoms with E-state index < -0.39 is 17.4 Å². The normalized spacial score (nSPS) is 29.6. The van der Waals surface area contributed by atoms with Gasteiger partial charge in [-0.25, -0.2) is 0 Å². The van der Waals surface area contributed by atoms with Gasteiger partial charge in [-0.15, -0.1) is 0 Å². The third-order valence-electron chi connectivity index (χ3n) is 6.67. The molecule has 3 amide bonds. The highest BCUT2D eigenvalue weighted by molar-refractivity contribution is 7.98. The van der Waals surface area contributed by atoms with Crippen LogP contribution in [0, 0.1) is 11.8 Å². The van der Waals surface area contributed by atoms with Gasteiger partial charge in [0.1, 0.15) is 5.54 Å². The fraction of sp³-hybridized carbons (Fsp3) is 0.591. The van der Waals surface area contributed by atoms with Gasteiger partial charge >= 0.3 is 0 Å². The number of rotatable bonds is 8. The predicted octanol–water partition coefficient (Wildman–Crippen LogP) is 1.76. The highest BCUT2D eigenvalue weighted by Crippen LogP contribution is 2.54. The molecule has 2 saturated heterocycles. The van der Waals surface area contributed by atoms with Crippen molar-refractivity contribution in [1.29, 1.82) is 0 Å². The molecule has 0 radical (unpaired) electrons. The lowest BCUT2D eigenvalue weighted by molar-refractivity contribution is -0.143. The SMILES string of the molecule is CCc1cccc2c1NC(=O)C21NC(CCSC)C2C(=O)N(CCCOC)C(=O)C21. The van der Waals surface area contributed by atoms with Crippen LogP contribution in [0.2, 0.25) is 0 Å². The molecule has 2 N–H and O–H groups in total. The maximum absolute atomic E-state index is 13.5. The predicted molar refractivity (Wildman–Crippen MR) is 116 cm³/mol. The van der Waals surface area contributed by atoms with Gasteiger partial charge in [0.15, 0.2) is 0 Å². The van der Waals surface area contributed by atoms with Crippen LogP contribution in [0.25, 0.3) is 0 Å². The van der Waals surface area contributed by atoms with Crippen LogP contribution in [-0.2, 0) is 31.1 Å². The number of ether oxygens (including phenoxy) is 1. The number of likely N-dealkylation sites (tertiary alicyclic amines) is 1. The van der Waals surface area contributed by atoms with E-state index in [2.05, 4.69) is 10.6 Å². The molecular formula is C22H29N3O4S. The van der Waals surface area contributed by atoms with Crippen molar-refractivity contribution in [2.75, 3.05) is 37.6 Å². The van der Waals surface area contributed by atoms with Crippen LogP contribution in [0.5, 0.6) is 0 Å². The van der Waals surface area contributed by atoms with Crippen molar-refractivity contribution in [2.24, 2.45) is 11.8 Å². The van der Waals surface area contributed by atoms with E-state index in [1.165, 1.54) is 4.90 Å². The lowest BCUT2D eigenvalue weighted by Gasteiger charge is -2.29. The fourth-order valence-electron chi connectivity index (χ4n) is 5.32. The molecule has 162 valence electrons. The second-order valence-corrected chi connectivity index (χ2v) is 9.15. The van der Waals surface area contributed by atoms with Crippen molar-refractivity contribution < 1.29 is 19.1 Å². The topological polar surface area (TPSA) is 87.7 Å². The van der Waals surface area contributed by atoms with Crippen LogP contribution >= 0.6 is 11.8 Å². The number of fused-ring (bicyclic) bond motifs is 4. The third kappa shape index (κ3) is 2.99. The first-order valence-corrected chi connectivity index (χ1v) is 11.9. The number of aryl methyl sites for hydroxylation is 1. The van der Waals surface area contributed by atoms with Crippen LogP contribution in [0.1, 0.15) is 30.9 Å². The molecule has 4 atom stereocenters. The van der Waals surface area contributed by atoms with Gasteiger partial charge in [-0.3, -0.25) is 24.6 Å². The minimum atomic E-state index is -1.18. The first-order valence-electron chi connectivity index (χ1n) is 10.6. The molecule has 2 fully saturated rings. The van der Waals surface area contributed by atoms with E-state index in [0.29, 0.717) is 19.6 Å². The largest absolute Gasteiger partial charge is 0.385 e. The van der Waals surface area contributed by atoms with Crippen molar-refractivity contribution >= 4 is 35.2 Å². The maximum Gasteiger partial charge on any atom is 0.250 e. The molecule has 0 aromatic heterocycles. The zero-order chi connectivity index (χ0) is 21.5. The number of hydrogen-bond donors (Lipinski definition) is 2. The number of anilines is 1. The molecule has 1 aromatic rings. The Morgan fingerprint density at radius 2 is 2.03 bits per heavy atom. The second-order valence-electron chi connectivity index (χ2n) is 8.17. The third-order valence-corrected chi connectivity index (χ3v) is 7.32. The summed E-state index contributed by atoms with van der Waals surface area (Å²) in [5.74, 6) is -1.01. The Morgan fingerprint density at radius 1 is 1.23 bits per heavy atom. The summed E-state index contributed by atoms with van der Waals surface area (Å²) in [6, 6.07) is 5.63. The molecule has 1 spiro atoms. The molecule has 4 unspecified atom stereocenters. The van der Waals surface area contributed by atoms with Crippen molar-refractivity contribution in [3.63, 3.8) is 0 Å². The van der Waals surface area contributed by atoms with E-state index in [1.54, 1.807) is 18.9 Å². The Morgan fingerprint density at radius 3 is 2.73 bits per heavy atom. The quantitative estimate of drug-likeness (QED) is 0.482. The number of hydrogen-bond acceptors (Lipinski definition) is 6. The van der Waals surface area contributed by atoms with Crippen molar-refractivity contribution in [3.8, 4) is 0 Å². The average Bonchev–Trinajstić information content (AvgIpc) is 3.32. The number of nitrogens with one attached hydrogen (secondary N) is 2. The van der Waals surface area contributed by atoms with Gasteiger partial charge in [-0.05, 0) is 36.8 Å². The van der Waals surface area contributed by atoms with E-state index in [4.69, 9.17) is 4.74 Å². The van der Waals surface area contributed by atoms with E-state index in [9.17, 15) is 14.4 Å². The molecule has 4 rings (SSSR count). The van der Waals surface area contributed by atoms with Gasteiger partial charge in [0.2, 0.25) is 17.7 Å². The summed E-state index contributed by atoms with van der Waals surface area (Å²) >= 11 is 1.70. The van der Waals surface area contributed by atoms with Gasteiger partial charge in [0, 0.05) is 37.6 Å². The number of thioether (sulfide) groups is 1. The highest BCUT2D eigenvalue weighted by atomic mass is 32.2. The van der Waals surface area contributed by atoms with Crippen LogP contribution < -0.4 is 10.6 Å². The molecule has 0 saturated carbocycles. The number of para-hydroxylation sites is 1. The van der Waals surface area contributed by atoms with E-state index in [-0.39, 0.29) is 23.8 Å². The van der Waals surface area contributed by atoms with Crippen LogP contribution in [0.4, 0.5) is 5.69 Å². The molecule has 1 aromatic carbocycles. The molecule has 0 bridgehead atoms. The minimum Gasteiger partial charge on any atom is -0.385 e. The van der Waals surface area contributed by atoms with Gasteiger partial charge in [0.05, 0.1) is 11.8 Å². The number of benzene rings is 1. The van der Waals surface area contributed by atoms with E-state index >= 15 is 0 Å². The molecule has 8 heteroatoms. The van der Waals surface area contributed by atoms with Crippen LogP contribution in [0.3, 0.4) is 0 Å². The summed E-state index contributed by atoms with van der Waals surface area (Å²) in [4.78, 5) is 41.6. The Balaban J connectivity index is 1.78. The second kappa shape index (κ2) is 8.32. The van der Waals surface area contributed by atoms with Crippen molar-refractivity contribution in [3.05, 3.63) is 29.3 Å². The Labute approximate surface area is 181 Å². The minimum absolute atomic E-state index is 0.163. The number of methoxy groups -OCH3 is 1. The zero-order valence-corrected chi connectivity index (χ0v) is 18.5. The summed E-state index contributed by atoms with van der Waals surface area (Å²) in [5, 5.41) is 6.52. The zero-order valence-electron chi connectivity index (χ0n) is 17.7. The number of carbonyl (C=O) groups excluding carboxylic acids is 3. The molecule has 0 aliphatic carbocycles. The molecule has 30 heavy (non-hydrogen) atoms. The van der Waals surface area contributed by atoms with Gasteiger partial charge < -0.3 is 10.1 Å². The number of amides is 3. The van der Waals surface area contributed by atoms with Crippen molar-refractivity contribution in [2.45, 2.75) is 37.8 Å². The number of carbonyl (C=O) groups is 3.